The van der Waals surface area contributed by atoms with E-state index in [0.717, 1.165) is 0 Å². The van der Waals surface area contributed by atoms with Gasteiger partial charge in [0.05, 0.1) is 0 Å². The van der Waals surface area contributed by atoms with Gasteiger partial charge in [-0.05, 0) is 30.8 Å². The Balaban J connectivity index is 2.10. The van der Waals surface area contributed by atoms with Crippen molar-refractivity contribution in [1.29, 1.82) is 0 Å². The molecule has 5 heteroatoms. The van der Waals surface area contributed by atoms with Gasteiger partial charge in [0.1, 0.15) is 0 Å². The highest BCUT2D eigenvalue weighted by Crippen LogP contribution is 2.46. The summed E-state index contributed by atoms with van der Waals surface area (Å²) in [5, 5.41) is 11.8. The lowest BCUT2D eigenvalue weighted by atomic mass is 9.67. The number of carbonyl (C=O) groups is 1. The average Bonchev–Trinajstić information content (AvgIpc) is 2.05. The van der Waals surface area contributed by atoms with Crippen LogP contribution in [0.25, 0.3) is 0 Å². The first-order valence-corrected chi connectivity index (χ1v) is 5.28. The molecule has 3 nitrogen and oxygen atoms in total. The lowest BCUT2D eigenvalue weighted by Crippen LogP contribution is -2.51. The van der Waals surface area contributed by atoms with Crippen LogP contribution in [0.5, 0.6) is 0 Å². The van der Waals surface area contributed by atoms with E-state index in [1.807, 2.05) is 0 Å². The summed E-state index contributed by atoms with van der Waals surface area (Å²) < 4.78 is 26.5. The molecule has 2 atom stereocenters. The molecule has 2 N–H and O–H groups in total. The number of hydrogen-bond donors (Lipinski definition) is 2. The maximum Gasteiger partial charge on any atom is 0.303 e. The third kappa shape index (κ3) is 2.27. The molecular weight excluding hydrogens is 204 g/mol. The van der Waals surface area contributed by atoms with Crippen LogP contribution in [-0.2, 0) is 4.79 Å². The number of halogens is 2. The van der Waals surface area contributed by atoms with Gasteiger partial charge in [-0.25, -0.2) is 8.78 Å². The number of fused-ring (bicyclic) bond motifs is 2. The molecular formula is C10H15F2NO2. The maximum atomic E-state index is 13.3. The van der Waals surface area contributed by atoms with Crippen molar-refractivity contribution >= 4 is 5.97 Å². The van der Waals surface area contributed by atoms with Crippen LogP contribution < -0.4 is 5.32 Å². The molecule has 0 amide bonds. The predicted molar refractivity (Wildman–Crippen MR) is 49.8 cm³/mol. The summed E-state index contributed by atoms with van der Waals surface area (Å²) in [5.74, 6) is -3.88. The van der Waals surface area contributed by atoms with Gasteiger partial charge >= 0.3 is 5.97 Å². The Morgan fingerprint density at radius 3 is 2.33 bits per heavy atom. The SMILES string of the molecule is O=C(O)CC1C2CNCC1CC(F)(F)C2. The van der Waals surface area contributed by atoms with Gasteiger partial charge < -0.3 is 10.4 Å². The normalized spacial score (nSPS) is 38.7. The van der Waals surface area contributed by atoms with Gasteiger partial charge in [-0.1, -0.05) is 0 Å². The number of nitrogens with one attached hydrogen (secondary N) is 1. The Labute approximate surface area is 86.8 Å². The molecule has 0 radical (unpaired) electrons. The van der Waals surface area contributed by atoms with E-state index in [1.165, 1.54) is 0 Å². The van der Waals surface area contributed by atoms with Crippen LogP contribution in [0.3, 0.4) is 0 Å². The fourth-order valence-electron chi connectivity index (χ4n) is 2.97. The number of hydrogen-bond acceptors (Lipinski definition) is 2. The summed E-state index contributed by atoms with van der Waals surface area (Å²) in [5.41, 5.74) is 0. The van der Waals surface area contributed by atoms with Crippen LogP contribution in [0, 0.1) is 17.8 Å². The lowest BCUT2D eigenvalue weighted by molar-refractivity contribution is -0.145. The summed E-state index contributed by atoms with van der Waals surface area (Å²) in [7, 11) is 0. The molecule has 2 aliphatic rings. The van der Waals surface area contributed by atoms with E-state index in [0.29, 0.717) is 13.1 Å². The summed E-state index contributed by atoms with van der Waals surface area (Å²) >= 11 is 0. The Morgan fingerprint density at radius 1 is 1.33 bits per heavy atom. The third-order valence-electron chi connectivity index (χ3n) is 3.56. The van der Waals surface area contributed by atoms with Crippen LogP contribution in [0.4, 0.5) is 8.78 Å². The molecule has 0 aromatic rings. The minimum atomic E-state index is -2.59. The van der Waals surface area contributed by atoms with Crippen LogP contribution in [0.15, 0.2) is 0 Å². The van der Waals surface area contributed by atoms with Crippen molar-refractivity contribution in [3.8, 4) is 0 Å². The van der Waals surface area contributed by atoms with Crippen molar-refractivity contribution in [2.75, 3.05) is 13.1 Å². The van der Waals surface area contributed by atoms with E-state index in [2.05, 4.69) is 5.32 Å². The molecule has 2 unspecified atom stereocenters. The summed E-state index contributed by atoms with van der Waals surface area (Å²) in [4.78, 5) is 10.7. The van der Waals surface area contributed by atoms with E-state index in [4.69, 9.17) is 5.11 Å². The smallest absolute Gasteiger partial charge is 0.303 e. The second-order valence-electron chi connectivity index (χ2n) is 4.70. The summed E-state index contributed by atoms with van der Waals surface area (Å²) in [6.07, 6.45) is -0.282. The zero-order chi connectivity index (χ0) is 11.1. The third-order valence-corrected chi connectivity index (χ3v) is 3.56. The van der Waals surface area contributed by atoms with Gasteiger partial charge in [0.2, 0.25) is 5.92 Å². The predicted octanol–water partition coefficient (Wildman–Crippen LogP) is 1.34. The van der Waals surface area contributed by atoms with Crippen LogP contribution in [0.1, 0.15) is 19.3 Å². The molecule has 1 aliphatic heterocycles. The number of alkyl halides is 2. The minimum absolute atomic E-state index is 0.0348. The highest BCUT2D eigenvalue weighted by molar-refractivity contribution is 5.67. The molecule has 0 aromatic heterocycles. The minimum Gasteiger partial charge on any atom is -0.481 e. The van der Waals surface area contributed by atoms with Crippen molar-refractivity contribution in [1.82, 2.24) is 5.32 Å². The van der Waals surface area contributed by atoms with E-state index in [-0.39, 0.29) is 37.0 Å². The molecule has 1 saturated carbocycles. The van der Waals surface area contributed by atoms with Crippen molar-refractivity contribution in [2.45, 2.75) is 25.2 Å². The molecule has 86 valence electrons. The summed E-state index contributed by atoms with van der Waals surface area (Å²) in [6, 6.07) is 0. The van der Waals surface area contributed by atoms with E-state index < -0.39 is 11.9 Å². The van der Waals surface area contributed by atoms with E-state index in [1.54, 1.807) is 0 Å². The van der Waals surface area contributed by atoms with Gasteiger partial charge in [-0.2, -0.15) is 0 Å². The molecule has 2 rings (SSSR count). The highest BCUT2D eigenvalue weighted by atomic mass is 19.3. The molecule has 0 spiro atoms. The van der Waals surface area contributed by atoms with Crippen molar-refractivity contribution in [3.05, 3.63) is 0 Å². The molecule has 2 bridgehead atoms. The number of piperidine rings is 1. The fraction of sp³-hybridized carbons (Fsp3) is 0.900. The van der Waals surface area contributed by atoms with Crippen molar-refractivity contribution < 1.29 is 18.7 Å². The largest absolute Gasteiger partial charge is 0.481 e. The maximum absolute atomic E-state index is 13.3. The van der Waals surface area contributed by atoms with Crippen LogP contribution in [-0.4, -0.2) is 30.1 Å². The second-order valence-corrected chi connectivity index (χ2v) is 4.70. The van der Waals surface area contributed by atoms with Crippen molar-refractivity contribution in [2.24, 2.45) is 17.8 Å². The number of aliphatic carboxylic acids is 1. The van der Waals surface area contributed by atoms with Gasteiger partial charge in [0.15, 0.2) is 0 Å². The Hall–Kier alpha value is -0.710. The second kappa shape index (κ2) is 3.70. The van der Waals surface area contributed by atoms with Gasteiger partial charge in [0.25, 0.3) is 0 Å². The van der Waals surface area contributed by atoms with Crippen LogP contribution in [0.2, 0.25) is 0 Å². The van der Waals surface area contributed by atoms with Gasteiger partial charge in [-0.15, -0.1) is 0 Å². The zero-order valence-electron chi connectivity index (χ0n) is 8.38. The first-order chi connectivity index (χ1) is 6.98. The quantitative estimate of drug-likeness (QED) is 0.737. The molecule has 15 heavy (non-hydrogen) atoms. The first kappa shape index (κ1) is 10.8. The van der Waals surface area contributed by atoms with Gasteiger partial charge in [0, 0.05) is 19.3 Å². The highest BCUT2D eigenvalue weighted by Gasteiger charge is 2.48. The first-order valence-electron chi connectivity index (χ1n) is 5.28. The van der Waals surface area contributed by atoms with Gasteiger partial charge in [-0.3, -0.25) is 4.79 Å². The standard InChI is InChI=1S/C10H15F2NO2/c11-10(12)2-6-4-13-5-7(3-10)8(6)1-9(14)15/h6-8,13H,1-5H2,(H,14,15). The monoisotopic (exact) mass is 219 g/mol. The Kier molecular flexibility index (Phi) is 2.66. The number of carboxylic acids is 1. The topological polar surface area (TPSA) is 49.3 Å². The van der Waals surface area contributed by atoms with Crippen LogP contribution >= 0.6 is 0 Å². The molecule has 2 fully saturated rings. The molecule has 1 saturated heterocycles. The molecule has 0 aromatic carbocycles. The summed E-state index contributed by atoms with van der Waals surface area (Å²) in [6.45, 7) is 1.06. The van der Waals surface area contributed by atoms with E-state index >= 15 is 0 Å². The van der Waals surface area contributed by atoms with E-state index in [9.17, 15) is 13.6 Å². The fourth-order valence-corrected chi connectivity index (χ4v) is 2.97. The number of carboxylic acid groups (broad SMARTS) is 1. The molecule has 1 heterocycles. The molecule has 1 aliphatic carbocycles. The number of rotatable bonds is 2. The Bertz CT molecular complexity index is 254. The average molecular weight is 219 g/mol. The lowest BCUT2D eigenvalue weighted by Gasteiger charge is -2.45. The van der Waals surface area contributed by atoms with Crippen molar-refractivity contribution in [3.63, 3.8) is 0 Å². The Morgan fingerprint density at radius 2 is 1.87 bits per heavy atom. The zero-order valence-corrected chi connectivity index (χ0v) is 8.38.